The normalized spacial score (nSPS) is 22.8. The van der Waals surface area contributed by atoms with Crippen molar-refractivity contribution in [3.63, 3.8) is 0 Å². The molecule has 0 saturated carbocycles. The average Bonchev–Trinajstić information content (AvgIpc) is 3.00. The van der Waals surface area contributed by atoms with Crippen molar-refractivity contribution >= 4 is 23.1 Å². The van der Waals surface area contributed by atoms with Gasteiger partial charge < -0.3 is 10.6 Å². The molecule has 2 unspecified atom stereocenters. The van der Waals surface area contributed by atoms with Crippen molar-refractivity contribution in [2.45, 2.75) is 67.7 Å². The van der Waals surface area contributed by atoms with Gasteiger partial charge in [0.2, 0.25) is 0 Å². The lowest BCUT2D eigenvalue weighted by Crippen LogP contribution is -2.51. The second-order valence-electron chi connectivity index (χ2n) is 9.17. The summed E-state index contributed by atoms with van der Waals surface area (Å²) in [5.41, 5.74) is 6.68. The molecule has 2 aromatic carbocycles. The lowest BCUT2D eigenvalue weighted by atomic mass is 9.94. The van der Waals surface area contributed by atoms with Crippen molar-refractivity contribution < 1.29 is 22.0 Å². The monoisotopic (exact) mass is 499 g/mol. The first-order chi connectivity index (χ1) is 16.2. The fourth-order valence-corrected chi connectivity index (χ4v) is 6.20. The lowest BCUT2D eigenvalue weighted by molar-refractivity contribution is -0.132. The van der Waals surface area contributed by atoms with Crippen LogP contribution < -0.4 is 10.6 Å². The molecule has 2 N–H and O–H groups in total. The third-order valence-corrected chi connectivity index (χ3v) is 7.98. The quantitative estimate of drug-likeness (QED) is 0.185. The molecule has 0 aromatic heterocycles. The Kier molecular flexibility index (Phi) is 7.92. The maximum atomic E-state index is 13.6. The molecule has 2 fully saturated rings. The fraction of sp³-hybridized carbons (Fsp3) is 0.520. The number of hydrogen-bond donors (Lipinski definition) is 1. The summed E-state index contributed by atoms with van der Waals surface area (Å²) in [5, 5.41) is 0. The number of nitrogens with zero attached hydrogens (tertiary/aromatic N) is 2. The van der Waals surface area contributed by atoms with E-state index >= 15 is 0 Å². The zero-order chi connectivity index (χ0) is 24.3. The number of halogens is 5. The summed E-state index contributed by atoms with van der Waals surface area (Å²) in [4.78, 5) is 5.31. The van der Waals surface area contributed by atoms with Gasteiger partial charge in [0.25, 0.3) is 0 Å². The van der Waals surface area contributed by atoms with Gasteiger partial charge in [-0.15, -0.1) is 11.8 Å². The summed E-state index contributed by atoms with van der Waals surface area (Å²) in [6.45, 7) is 0.759. The molecule has 2 bridgehead atoms. The summed E-state index contributed by atoms with van der Waals surface area (Å²) in [7, 11) is 0. The van der Waals surface area contributed by atoms with E-state index in [1.807, 2.05) is 0 Å². The maximum Gasteiger partial charge on any atom is 0.390 e. The minimum absolute atomic E-state index is 0.0579. The third-order valence-electron chi connectivity index (χ3n) is 6.88. The second kappa shape index (κ2) is 10.7. The van der Waals surface area contributed by atoms with E-state index in [4.69, 9.17) is 5.73 Å². The molecule has 2 heterocycles. The van der Waals surface area contributed by atoms with Gasteiger partial charge >= 0.3 is 6.18 Å². The molecule has 9 heteroatoms. The van der Waals surface area contributed by atoms with Crippen LogP contribution in [-0.2, 0) is 0 Å². The number of fused-ring (bicyclic) bond motifs is 2. The highest BCUT2D eigenvalue weighted by Crippen LogP contribution is 2.40. The van der Waals surface area contributed by atoms with Crippen molar-refractivity contribution in [2.75, 3.05) is 29.5 Å². The van der Waals surface area contributed by atoms with E-state index in [2.05, 4.69) is 4.90 Å². The summed E-state index contributed by atoms with van der Waals surface area (Å²) in [6.07, 6.45) is -0.583. The largest absolute Gasteiger partial charge is 0.397 e. The summed E-state index contributed by atoms with van der Waals surface area (Å²) in [6, 6.07) is 11.0. The van der Waals surface area contributed by atoms with Crippen molar-refractivity contribution in [2.24, 2.45) is 0 Å². The van der Waals surface area contributed by atoms with Crippen LogP contribution in [0.5, 0.6) is 0 Å². The standard InChI is InChI=1S/C25H30F5N3S/c26-17-2-7-22(8-3-17)34-13-1-11-32-19-5-6-20(32)16-21(15-19)33(12-10-25(28,29)30)24-9-4-18(27)14-23(24)31/h2-4,7-9,14,19-21H,1,5-6,10-13,15-16,31H2. The number of nitrogens with two attached hydrogens (primary N) is 1. The van der Waals surface area contributed by atoms with Crippen LogP contribution >= 0.6 is 11.8 Å². The van der Waals surface area contributed by atoms with Gasteiger partial charge in [-0.05, 0) is 86.9 Å². The molecule has 2 aromatic rings. The highest BCUT2D eigenvalue weighted by Gasteiger charge is 2.43. The molecule has 0 spiro atoms. The number of piperidine rings is 1. The van der Waals surface area contributed by atoms with Gasteiger partial charge in [-0.2, -0.15) is 13.2 Å². The second-order valence-corrected chi connectivity index (χ2v) is 10.3. The summed E-state index contributed by atoms with van der Waals surface area (Å²) >= 11 is 1.70. The van der Waals surface area contributed by atoms with Gasteiger partial charge in [0, 0.05) is 29.6 Å². The average molecular weight is 500 g/mol. The van der Waals surface area contributed by atoms with E-state index < -0.39 is 18.4 Å². The van der Waals surface area contributed by atoms with E-state index in [1.165, 1.54) is 30.3 Å². The predicted molar refractivity (Wildman–Crippen MR) is 127 cm³/mol. The first-order valence-electron chi connectivity index (χ1n) is 11.7. The first kappa shape index (κ1) is 25.1. The number of hydrogen-bond acceptors (Lipinski definition) is 4. The molecular weight excluding hydrogens is 469 g/mol. The fourth-order valence-electron chi connectivity index (χ4n) is 5.37. The van der Waals surface area contributed by atoms with E-state index in [1.54, 1.807) is 28.8 Å². The molecule has 2 aliphatic heterocycles. The van der Waals surface area contributed by atoms with Crippen LogP contribution in [0.1, 0.15) is 38.5 Å². The molecule has 4 rings (SSSR count). The SMILES string of the molecule is Nc1cc(F)ccc1N(CCC(F)(F)F)C1CC2CCC(C1)N2CCCSc1ccc(F)cc1. The Bertz CT molecular complexity index is 939. The summed E-state index contributed by atoms with van der Waals surface area (Å²) < 4.78 is 65.8. The van der Waals surface area contributed by atoms with Gasteiger partial charge in [-0.3, -0.25) is 4.90 Å². The number of nitrogen functional groups attached to an aromatic ring is 1. The molecule has 0 amide bonds. The van der Waals surface area contributed by atoms with Crippen molar-refractivity contribution in [1.82, 2.24) is 4.90 Å². The number of thioether (sulfide) groups is 1. The van der Waals surface area contributed by atoms with E-state index in [0.29, 0.717) is 17.8 Å². The van der Waals surface area contributed by atoms with Crippen LogP contribution in [0.4, 0.5) is 33.3 Å². The van der Waals surface area contributed by atoms with Crippen molar-refractivity contribution in [3.05, 3.63) is 54.1 Å². The molecule has 0 aliphatic carbocycles. The minimum atomic E-state index is -4.27. The topological polar surface area (TPSA) is 32.5 Å². The Morgan fingerprint density at radius 3 is 2.24 bits per heavy atom. The van der Waals surface area contributed by atoms with Crippen LogP contribution in [-0.4, -0.2) is 48.0 Å². The van der Waals surface area contributed by atoms with Gasteiger partial charge in [0.1, 0.15) is 11.6 Å². The lowest BCUT2D eigenvalue weighted by Gasteiger charge is -2.44. The molecule has 0 radical (unpaired) electrons. The Labute approximate surface area is 201 Å². The Morgan fingerprint density at radius 1 is 0.971 bits per heavy atom. The smallest absolute Gasteiger partial charge is 0.390 e. The highest BCUT2D eigenvalue weighted by atomic mass is 32.2. The molecule has 2 atom stereocenters. The predicted octanol–water partition coefficient (Wildman–Crippen LogP) is 6.48. The molecule has 2 saturated heterocycles. The van der Waals surface area contributed by atoms with Crippen molar-refractivity contribution in [3.8, 4) is 0 Å². The Hall–Kier alpha value is -2.00. The van der Waals surface area contributed by atoms with Gasteiger partial charge in [-0.25, -0.2) is 8.78 Å². The molecule has 2 aliphatic rings. The zero-order valence-electron chi connectivity index (χ0n) is 18.9. The number of anilines is 2. The van der Waals surface area contributed by atoms with Gasteiger partial charge in [0.05, 0.1) is 17.8 Å². The van der Waals surface area contributed by atoms with Crippen LogP contribution in [0.15, 0.2) is 47.4 Å². The number of rotatable bonds is 9. The molecular formula is C25H30F5N3S. The van der Waals surface area contributed by atoms with Gasteiger partial charge in [0.15, 0.2) is 0 Å². The van der Waals surface area contributed by atoms with E-state index in [9.17, 15) is 22.0 Å². The van der Waals surface area contributed by atoms with E-state index in [-0.39, 0.29) is 24.1 Å². The van der Waals surface area contributed by atoms with E-state index in [0.717, 1.165) is 49.3 Å². The van der Waals surface area contributed by atoms with Gasteiger partial charge in [-0.1, -0.05) is 0 Å². The zero-order valence-corrected chi connectivity index (χ0v) is 19.7. The van der Waals surface area contributed by atoms with Crippen LogP contribution in [0.25, 0.3) is 0 Å². The molecule has 3 nitrogen and oxygen atoms in total. The van der Waals surface area contributed by atoms with Crippen LogP contribution in [0, 0.1) is 11.6 Å². The Balaban J connectivity index is 1.37. The Morgan fingerprint density at radius 2 is 1.62 bits per heavy atom. The third kappa shape index (κ3) is 6.36. The summed E-state index contributed by atoms with van der Waals surface area (Å²) in [5.74, 6) is 0.190. The number of benzene rings is 2. The van der Waals surface area contributed by atoms with Crippen LogP contribution in [0.2, 0.25) is 0 Å². The minimum Gasteiger partial charge on any atom is -0.397 e. The molecule has 34 heavy (non-hydrogen) atoms. The maximum absolute atomic E-state index is 13.6. The first-order valence-corrected chi connectivity index (χ1v) is 12.7. The molecule has 186 valence electrons. The van der Waals surface area contributed by atoms with Crippen LogP contribution in [0.3, 0.4) is 0 Å². The van der Waals surface area contributed by atoms with Crippen molar-refractivity contribution in [1.29, 1.82) is 0 Å². The number of alkyl halides is 3. The highest BCUT2D eigenvalue weighted by molar-refractivity contribution is 7.99.